The molecule has 0 atom stereocenters. The van der Waals surface area contributed by atoms with E-state index >= 15 is 0 Å². The van der Waals surface area contributed by atoms with Crippen LogP contribution in [0.5, 0.6) is 0 Å². The standard InChI is InChI=1S/C21H16ClN2O/c1-13-5-2-6-14(11-13)12-24-18-10-4-8-16(21(23)25)19(18)15-7-3-9-17(22)20(15)24/h2-6,8-11H,12H2,1H3,(H2,23,25). The number of primary amides is 1. The van der Waals surface area contributed by atoms with Gasteiger partial charge in [-0.05, 0) is 36.8 Å². The maximum Gasteiger partial charge on any atom is 0.249 e. The Kier molecular flexibility index (Phi) is 3.74. The molecular weight excluding hydrogens is 332 g/mol. The lowest BCUT2D eigenvalue weighted by Crippen LogP contribution is -2.11. The minimum absolute atomic E-state index is 0.450. The lowest BCUT2D eigenvalue weighted by molar-refractivity contribution is 0.100. The van der Waals surface area contributed by atoms with Crippen molar-refractivity contribution < 1.29 is 4.79 Å². The van der Waals surface area contributed by atoms with E-state index in [4.69, 9.17) is 17.3 Å². The number of amides is 1. The molecule has 3 aromatic carbocycles. The van der Waals surface area contributed by atoms with E-state index in [-0.39, 0.29) is 0 Å². The molecule has 2 N–H and O–H groups in total. The minimum Gasteiger partial charge on any atom is -0.366 e. The molecule has 0 aliphatic carbocycles. The molecule has 1 heterocycles. The van der Waals surface area contributed by atoms with Crippen LogP contribution in [0.1, 0.15) is 21.5 Å². The number of nitrogens with two attached hydrogens (primary N) is 1. The number of aryl methyl sites for hydroxylation is 1. The summed E-state index contributed by atoms with van der Waals surface area (Å²) in [5.41, 5.74) is 10.3. The van der Waals surface area contributed by atoms with E-state index in [0.29, 0.717) is 17.1 Å². The van der Waals surface area contributed by atoms with Crippen molar-refractivity contribution in [2.45, 2.75) is 13.5 Å². The Balaban J connectivity index is 2.08. The molecule has 4 heteroatoms. The van der Waals surface area contributed by atoms with Crippen LogP contribution < -0.4 is 5.73 Å². The highest BCUT2D eigenvalue weighted by Gasteiger charge is 2.18. The molecule has 1 amide bonds. The van der Waals surface area contributed by atoms with E-state index in [9.17, 15) is 4.79 Å². The molecule has 4 aromatic rings. The number of hydrogen-bond acceptors (Lipinski definition) is 1. The Hall–Kier alpha value is -2.78. The molecule has 0 spiro atoms. The van der Waals surface area contributed by atoms with E-state index in [1.165, 1.54) is 11.1 Å². The van der Waals surface area contributed by atoms with Gasteiger partial charge in [-0.15, -0.1) is 0 Å². The summed E-state index contributed by atoms with van der Waals surface area (Å²) >= 11 is 6.51. The summed E-state index contributed by atoms with van der Waals surface area (Å²) in [4.78, 5) is 11.9. The van der Waals surface area contributed by atoms with Crippen molar-refractivity contribution in [1.82, 2.24) is 4.57 Å². The SMILES string of the molecule is Cc1cccc(Cn2c3cccc(C(N)=O)c3c3[c]ccc(Cl)c32)c1. The fourth-order valence-electron chi connectivity index (χ4n) is 3.43. The van der Waals surface area contributed by atoms with Gasteiger partial charge in [0.15, 0.2) is 0 Å². The third-order valence-electron chi connectivity index (χ3n) is 4.46. The highest BCUT2D eigenvalue weighted by Crippen LogP contribution is 2.35. The smallest absolute Gasteiger partial charge is 0.249 e. The maximum atomic E-state index is 11.9. The second-order valence-corrected chi connectivity index (χ2v) is 6.60. The molecular formula is C21H16ClN2O. The monoisotopic (exact) mass is 347 g/mol. The number of carbonyl (C=O) groups is 1. The van der Waals surface area contributed by atoms with Crippen LogP contribution in [0.15, 0.2) is 54.6 Å². The third-order valence-corrected chi connectivity index (χ3v) is 4.77. The van der Waals surface area contributed by atoms with E-state index in [1.807, 2.05) is 24.3 Å². The van der Waals surface area contributed by atoms with Crippen LogP contribution in [0.3, 0.4) is 0 Å². The van der Waals surface area contributed by atoms with E-state index in [1.54, 1.807) is 12.1 Å². The first-order valence-corrected chi connectivity index (χ1v) is 8.40. The van der Waals surface area contributed by atoms with Gasteiger partial charge in [-0.2, -0.15) is 0 Å². The molecule has 3 nitrogen and oxygen atoms in total. The Labute approximate surface area is 150 Å². The summed E-state index contributed by atoms with van der Waals surface area (Å²) in [5.74, 6) is -0.450. The molecule has 0 aliphatic rings. The topological polar surface area (TPSA) is 48.0 Å². The number of nitrogens with zero attached hydrogens (tertiary/aromatic N) is 1. The predicted molar refractivity (Wildman–Crippen MR) is 102 cm³/mol. The van der Waals surface area contributed by atoms with Crippen molar-refractivity contribution in [1.29, 1.82) is 0 Å². The van der Waals surface area contributed by atoms with Gasteiger partial charge in [-0.3, -0.25) is 4.79 Å². The third kappa shape index (κ3) is 2.57. The van der Waals surface area contributed by atoms with Crippen molar-refractivity contribution in [3.8, 4) is 0 Å². The van der Waals surface area contributed by atoms with Crippen LogP contribution >= 0.6 is 11.6 Å². The highest BCUT2D eigenvalue weighted by atomic mass is 35.5. The summed E-state index contributed by atoms with van der Waals surface area (Å²) in [7, 11) is 0. The zero-order valence-electron chi connectivity index (χ0n) is 13.7. The summed E-state index contributed by atoms with van der Waals surface area (Å²) in [6, 6.07) is 20.8. The summed E-state index contributed by atoms with van der Waals surface area (Å²) in [6.45, 7) is 2.72. The predicted octanol–water partition coefficient (Wildman–Crippen LogP) is 4.70. The summed E-state index contributed by atoms with van der Waals surface area (Å²) in [5, 5.41) is 2.26. The zero-order valence-corrected chi connectivity index (χ0v) is 14.5. The van der Waals surface area contributed by atoms with Crippen LogP contribution in [0.2, 0.25) is 5.02 Å². The van der Waals surface area contributed by atoms with Crippen molar-refractivity contribution in [2.24, 2.45) is 5.73 Å². The summed E-state index contributed by atoms with van der Waals surface area (Å²) < 4.78 is 2.13. The first-order valence-electron chi connectivity index (χ1n) is 8.02. The second-order valence-electron chi connectivity index (χ2n) is 6.19. The van der Waals surface area contributed by atoms with E-state index < -0.39 is 5.91 Å². The van der Waals surface area contributed by atoms with Gasteiger partial charge in [0.1, 0.15) is 0 Å². The zero-order chi connectivity index (χ0) is 17.6. The highest BCUT2D eigenvalue weighted by molar-refractivity contribution is 6.36. The molecule has 0 saturated carbocycles. The Morgan fingerprint density at radius 1 is 1.20 bits per heavy atom. The minimum atomic E-state index is -0.450. The van der Waals surface area contributed by atoms with Crippen molar-refractivity contribution >= 4 is 39.3 Å². The molecule has 1 radical (unpaired) electrons. The van der Waals surface area contributed by atoms with Crippen LogP contribution in [0.25, 0.3) is 21.8 Å². The molecule has 0 saturated heterocycles. The Morgan fingerprint density at radius 3 is 2.76 bits per heavy atom. The molecule has 123 valence electrons. The van der Waals surface area contributed by atoms with Crippen molar-refractivity contribution in [3.05, 3.63) is 82.4 Å². The number of carbonyl (C=O) groups excluding carboxylic acids is 1. The molecule has 1 aromatic heterocycles. The van der Waals surface area contributed by atoms with Gasteiger partial charge in [-0.1, -0.05) is 53.6 Å². The normalized spacial score (nSPS) is 11.3. The van der Waals surface area contributed by atoms with Crippen LogP contribution in [-0.4, -0.2) is 10.5 Å². The van der Waals surface area contributed by atoms with Gasteiger partial charge >= 0.3 is 0 Å². The maximum absolute atomic E-state index is 11.9. The van der Waals surface area contributed by atoms with Gasteiger partial charge in [0, 0.05) is 22.9 Å². The largest absolute Gasteiger partial charge is 0.366 e. The molecule has 0 bridgehead atoms. The fourth-order valence-corrected chi connectivity index (χ4v) is 3.69. The molecule has 4 rings (SSSR count). The van der Waals surface area contributed by atoms with Crippen LogP contribution in [0, 0.1) is 13.0 Å². The van der Waals surface area contributed by atoms with Crippen LogP contribution in [-0.2, 0) is 6.54 Å². The van der Waals surface area contributed by atoms with E-state index in [0.717, 1.165) is 21.8 Å². The molecule has 0 unspecified atom stereocenters. The van der Waals surface area contributed by atoms with Crippen molar-refractivity contribution in [3.63, 3.8) is 0 Å². The number of fused-ring (bicyclic) bond motifs is 3. The first kappa shape index (κ1) is 15.7. The first-order chi connectivity index (χ1) is 12.1. The molecule has 0 fully saturated rings. The van der Waals surface area contributed by atoms with Gasteiger partial charge in [0.2, 0.25) is 5.91 Å². The number of halogens is 1. The van der Waals surface area contributed by atoms with Gasteiger partial charge in [-0.25, -0.2) is 0 Å². The second kappa shape index (κ2) is 5.94. The van der Waals surface area contributed by atoms with Gasteiger partial charge in [0.25, 0.3) is 0 Å². The number of benzene rings is 3. The Morgan fingerprint density at radius 2 is 2.00 bits per heavy atom. The van der Waals surface area contributed by atoms with Crippen molar-refractivity contribution in [2.75, 3.05) is 0 Å². The average Bonchev–Trinajstić information content (AvgIpc) is 2.90. The lowest BCUT2D eigenvalue weighted by atomic mass is 10.1. The summed E-state index contributed by atoms with van der Waals surface area (Å²) in [6.07, 6.45) is 0. The van der Waals surface area contributed by atoms with Crippen LogP contribution in [0.4, 0.5) is 0 Å². The number of aromatic nitrogens is 1. The molecule has 0 aliphatic heterocycles. The number of rotatable bonds is 3. The molecule has 25 heavy (non-hydrogen) atoms. The quantitative estimate of drug-likeness (QED) is 0.573. The average molecular weight is 348 g/mol. The number of hydrogen-bond donors (Lipinski definition) is 1. The van der Waals surface area contributed by atoms with E-state index in [2.05, 4.69) is 35.8 Å². The van der Waals surface area contributed by atoms with Gasteiger partial charge in [0.05, 0.1) is 16.1 Å². The Bertz CT molecular complexity index is 1130. The fraction of sp³-hybridized carbons (Fsp3) is 0.0952. The lowest BCUT2D eigenvalue weighted by Gasteiger charge is -2.09. The van der Waals surface area contributed by atoms with Gasteiger partial charge < -0.3 is 10.3 Å².